The van der Waals surface area contributed by atoms with Gasteiger partial charge in [-0.25, -0.2) is 15.0 Å². The molecule has 5 aromatic carbocycles. The third-order valence-corrected chi connectivity index (χ3v) is 6.70. The van der Waals surface area contributed by atoms with Crippen molar-refractivity contribution in [2.45, 2.75) is 0 Å². The van der Waals surface area contributed by atoms with Crippen LogP contribution in [-0.2, 0) is 0 Å². The summed E-state index contributed by atoms with van der Waals surface area (Å²) >= 11 is 12.5. The van der Waals surface area contributed by atoms with E-state index in [-0.39, 0.29) is 0 Å². The van der Waals surface area contributed by atoms with Crippen molar-refractivity contribution in [1.82, 2.24) is 15.0 Å². The topological polar surface area (TPSA) is 38.7 Å². The van der Waals surface area contributed by atoms with Crippen LogP contribution in [0, 0.1) is 0 Å². The predicted octanol–water partition coefficient (Wildman–Crippen LogP) is 9.51. The smallest absolute Gasteiger partial charge is 0.164 e. The van der Waals surface area contributed by atoms with Crippen LogP contribution >= 0.6 is 23.2 Å². The maximum absolute atomic E-state index is 6.25. The van der Waals surface area contributed by atoms with Crippen LogP contribution in [0.25, 0.3) is 56.4 Å². The summed E-state index contributed by atoms with van der Waals surface area (Å²) in [4.78, 5) is 14.7. The van der Waals surface area contributed by atoms with E-state index in [4.69, 9.17) is 38.2 Å². The van der Waals surface area contributed by atoms with Gasteiger partial charge in [0.25, 0.3) is 0 Å². The van der Waals surface area contributed by atoms with Crippen LogP contribution in [0.1, 0.15) is 0 Å². The minimum Gasteiger partial charge on any atom is -0.208 e. The molecule has 182 valence electrons. The zero-order chi connectivity index (χ0) is 25.9. The molecule has 1 aromatic heterocycles. The molecule has 3 nitrogen and oxygen atoms in total. The Kier molecular flexibility index (Phi) is 6.70. The lowest BCUT2D eigenvalue weighted by molar-refractivity contribution is 1.07. The summed E-state index contributed by atoms with van der Waals surface area (Å²) < 4.78 is 0. The number of benzene rings is 5. The van der Waals surface area contributed by atoms with Gasteiger partial charge in [0.1, 0.15) is 0 Å². The SMILES string of the molecule is Clc1cccc(-c2cccc(-c3nc(-c4ccccc4)nc(-c4cccc(-c5cccc(Cl)c5)c4)n3)c2)c1. The molecule has 1 heterocycles. The van der Waals surface area contributed by atoms with Gasteiger partial charge in [0.15, 0.2) is 17.5 Å². The number of hydrogen-bond acceptors (Lipinski definition) is 3. The first kappa shape index (κ1) is 24.1. The van der Waals surface area contributed by atoms with Crippen LogP contribution in [-0.4, -0.2) is 15.0 Å². The first-order valence-electron chi connectivity index (χ1n) is 12.2. The molecule has 0 atom stereocenters. The Balaban J connectivity index is 1.49. The van der Waals surface area contributed by atoms with Crippen LogP contribution in [0.2, 0.25) is 10.0 Å². The highest BCUT2D eigenvalue weighted by molar-refractivity contribution is 6.31. The molecule has 0 bridgehead atoms. The Morgan fingerprint density at radius 2 is 0.658 bits per heavy atom. The van der Waals surface area contributed by atoms with Crippen molar-refractivity contribution in [1.29, 1.82) is 0 Å². The molecule has 0 aliphatic carbocycles. The lowest BCUT2D eigenvalue weighted by Gasteiger charge is -2.11. The van der Waals surface area contributed by atoms with Crippen molar-refractivity contribution >= 4 is 23.2 Å². The van der Waals surface area contributed by atoms with Crippen molar-refractivity contribution in [3.8, 4) is 56.4 Å². The molecule has 0 saturated heterocycles. The number of aromatic nitrogens is 3. The molecule has 0 amide bonds. The Bertz CT molecular complexity index is 1640. The number of nitrogens with zero attached hydrogens (tertiary/aromatic N) is 3. The quantitative estimate of drug-likeness (QED) is 0.223. The Morgan fingerprint density at radius 3 is 1.11 bits per heavy atom. The van der Waals surface area contributed by atoms with E-state index in [0.29, 0.717) is 27.5 Å². The van der Waals surface area contributed by atoms with E-state index in [2.05, 4.69) is 24.3 Å². The van der Waals surface area contributed by atoms with Gasteiger partial charge in [0, 0.05) is 26.7 Å². The molecule has 0 N–H and O–H groups in total. The van der Waals surface area contributed by atoms with Crippen molar-refractivity contribution in [3.63, 3.8) is 0 Å². The van der Waals surface area contributed by atoms with E-state index in [0.717, 1.165) is 38.9 Å². The van der Waals surface area contributed by atoms with E-state index in [1.165, 1.54) is 0 Å². The van der Waals surface area contributed by atoms with Gasteiger partial charge in [-0.15, -0.1) is 0 Å². The molecule has 0 spiro atoms. The molecule has 0 unspecified atom stereocenters. The van der Waals surface area contributed by atoms with E-state index in [1.54, 1.807) is 0 Å². The second-order valence-electron chi connectivity index (χ2n) is 8.85. The van der Waals surface area contributed by atoms with Crippen LogP contribution < -0.4 is 0 Å². The summed E-state index contributed by atoms with van der Waals surface area (Å²) in [5.41, 5.74) is 6.86. The molecule has 6 aromatic rings. The summed E-state index contributed by atoms with van der Waals surface area (Å²) in [7, 11) is 0. The fraction of sp³-hybridized carbons (Fsp3) is 0. The summed E-state index contributed by atoms with van der Waals surface area (Å²) in [6, 6.07) is 42.0. The molecule has 0 radical (unpaired) electrons. The lowest BCUT2D eigenvalue weighted by Crippen LogP contribution is -2.00. The van der Waals surface area contributed by atoms with Crippen LogP contribution in [0.4, 0.5) is 0 Å². The monoisotopic (exact) mass is 529 g/mol. The lowest BCUT2D eigenvalue weighted by atomic mass is 10.0. The molecule has 5 heteroatoms. The van der Waals surface area contributed by atoms with Gasteiger partial charge in [0.2, 0.25) is 0 Å². The molecule has 0 fully saturated rings. The first-order valence-corrected chi connectivity index (χ1v) is 12.9. The maximum Gasteiger partial charge on any atom is 0.164 e. The van der Waals surface area contributed by atoms with Gasteiger partial charge in [0.05, 0.1) is 0 Å². The zero-order valence-corrected chi connectivity index (χ0v) is 21.7. The third kappa shape index (κ3) is 5.21. The van der Waals surface area contributed by atoms with Gasteiger partial charge in [-0.05, 0) is 58.7 Å². The molecule has 6 rings (SSSR count). The summed E-state index contributed by atoms with van der Waals surface area (Å²) in [5, 5.41) is 1.39. The van der Waals surface area contributed by atoms with Crippen molar-refractivity contribution in [3.05, 3.63) is 137 Å². The average molecular weight is 530 g/mol. The van der Waals surface area contributed by atoms with E-state index in [1.807, 2.05) is 103 Å². The standard InChI is InChI=1S/C33H21Cl2N3/c34-29-16-6-12-25(20-29)23-10-4-14-27(18-23)32-36-31(22-8-2-1-3-9-22)37-33(38-32)28-15-5-11-24(19-28)26-13-7-17-30(35)21-26/h1-21H. The Labute approximate surface area is 231 Å². The minimum absolute atomic E-state index is 0.603. The van der Waals surface area contributed by atoms with Crippen LogP contribution in [0.15, 0.2) is 127 Å². The summed E-state index contributed by atoms with van der Waals surface area (Å²) in [6.07, 6.45) is 0. The van der Waals surface area contributed by atoms with Crippen molar-refractivity contribution in [2.75, 3.05) is 0 Å². The van der Waals surface area contributed by atoms with Gasteiger partial charge < -0.3 is 0 Å². The second-order valence-corrected chi connectivity index (χ2v) is 9.73. The van der Waals surface area contributed by atoms with Crippen molar-refractivity contribution < 1.29 is 0 Å². The zero-order valence-electron chi connectivity index (χ0n) is 20.2. The van der Waals surface area contributed by atoms with Gasteiger partial charge in [-0.1, -0.05) is 114 Å². The fourth-order valence-corrected chi connectivity index (χ4v) is 4.74. The van der Waals surface area contributed by atoms with Gasteiger partial charge in [-0.3, -0.25) is 0 Å². The number of rotatable bonds is 5. The van der Waals surface area contributed by atoms with E-state index >= 15 is 0 Å². The van der Waals surface area contributed by atoms with E-state index in [9.17, 15) is 0 Å². The normalized spacial score (nSPS) is 10.9. The highest BCUT2D eigenvalue weighted by Gasteiger charge is 2.14. The maximum atomic E-state index is 6.25. The largest absolute Gasteiger partial charge is 0.208 e. The van der Waals surface area contributed by atoms with Gasteiger partial charge in [-0.2, -0.15) is 0 Å². The fourth-order valence-electron chi connectivity index (χ4n) is 4.36. The molecular formula is C33H21Cl2N3. The molecule has 0 aliphatic heterocycles. The molecule has 0 saturated carbocycles. The van der Waals surface area contributed by atoms with E-state index < -0.39 is 0 Å². The number of hydrogen-bond donors (Lipinski definition) is 0. The minimum atomic E-state index is 0.603. The highest BCUT2D eigenvalue weighted by atomic mass is 35.5. The number of halogens is 2. The predicted molar refractivity (Wildman–Crippen MR) is 157 cm³/mol. The second kappa shape index (κ2) is 10.6. The summed E-state index contributed by atoms with van der Waals surface area (Å²) in [5.74, 6) is 1.82. The highest BCUT2D eigenvalue weighted by Crippen LogP contribution is 2.31. The molecule has 0 aliphatic rings. The van der Waals surface area contributed by atoms with Crippen molar-refractivity contribution in [2.24, 2.45) is 0 Å². The summed E-state index contributed by atoms with van der Waals surface area (Å²) in [6.45, 7) is 0. The van der Waals surface area contributed by atoms with Gasteiger partial charge >= 0.3 is 0 Å². The molecule has 38 heavy (non-hydrogen) atoms. The Morgan fingerprint density at radius 1 is 0.316 bits per heavy atom. The van der Waals surface area contributed by atoms with Crippen LogP contribution in [0.5, 0.6) is 0 Å². The third-order valence-electron chi connectivity index (χ3n) is 6.22. The molecular weight excluding hydrogens is 509 g/mol. The average Bonchev–Trinajstić information content (AvgIpc) is 2.97. The van der Waals surface area contributed by atoms with Crippen LogP contribution in [0.3, 0.4) is 0 Å². The first-order chi connectivity index (χ1) is 18.6. The Hall–Kier alpha value is -4.31.